The van der Waals surface area contributed by atoms with Crippen LogP contribution in [-0.2, 0) is 11.3 Å². The molecule has 92 valence electrons. The highest BCUT2D eigenvalue weighted by molar-refractivity contribution is 7.99. The summed E-state index contributed by atoms with van der Waals surface area (Å²) in [6.45, 7) is 2.75. The first kappa shape index (κ1) is 12.5. The van der Waals surface area contributed by atoms with Gasteiger partial charge in [0.2, 0.25) is 5.91 Å². The van der Waals surface area contributed by atoms with E-state index in [1.807, 2.05) is 13.1 Å². The molecule has 1 amide bonds. The van der Waals surface area contributed by atoms with Gasteiger partial charge >= 0.3 is 0 Å². The van der Waals surface area contributed by atoms with Crippen molar-refractivity contribution >= 4 is 17.7 Å². The lowest BCUT2D eigenvalue weighted by atomic mass is 10.1. The molecule has 1 fully saturated rings. The summed E-state index contributed by atoms with van der Waals surface area (Å²) in [5.74, 6) is 1.96. The number of benzene rings is 1. The summed E-state index contributed by atoms with van der Waals surface area (Å²) in [4.78, 5) is 13.9. The van der Waals surface area contributed by atoms with Gasteiger partial charge in [-0.15, -0.1) is 11.8 Å². The van der Waals surface area contributed by atoms with E-state index in [0.29, 0.717) is 6.54 Å². The van der Waals surface area contributed by atoms with Crippen molar-refractivity contribution in [3.8, 4) is 0 Å². The van der Waals surface area contributed by atoms with Gasteiger partial charge in [0.25, 0.3) is 0 Å². The van der Waals surface area contributed by atoms with Crippen LogP contribution in [0.1, 0.15) is 11.1 Å². The molecule has 1 aromatic carbocycles. The predicted octanol–water partition coefficient (Wildman–Crippen LogP) is 1.62. The molecule has 1 N–H and O–H groups in total. The summed E-state index contributed by atoms with van der Waals surface area (Å²) in [5, 5.41) is 3.21. The minimum absolute atomic E-state index is 0.00481. The van der Waals surface area contributed by atoms with Gasteiger partial charge in [0.05, 0.1) is 6.04 Å². The van der Waals surface area contributed by atoms with Crippen LogP contribution in [0.2, 0.25) is 0 Å². The van der Waals surface area contributed by atoms with Crippen LogP contribution >= 0.6 is 11.8 Å². The minimum Gasteiger partial charge on any atom is -0.340 e. The summed E-state index contributed by atoms with van der Waals surface area (Å²) in [7, 11) is 1.87. The molecule has 0 saturated carbocycles. The van der Waals surface area contributed by atoms with Crippen molar-refractivity contribution < 1.29 is 4.79 Å². The molecule has 0 bridgehead atoms. The second-order valence-corrected chi connectivity index (χ2v) is 5.49. The Hall–Kier alpha value is -1.00. The molecule has 0 spiro atoms. The lowest BCUT2D eigenvalue weighted by molar-refractivity contribution is -0.131. The maximum absolute atomic E-state index is 12.1. The van der Waals surface area contributed by atoms with E-state index in [1.54, 1.807) is 16.7 Å². The molecule has 1 unspecified atom stereocenters. The molecular formula is C13H18N2OS. The van der Waals surface area contributed by atoms with Gasteiger partial charge in [-0.1, -0.05) is 29.8 Å². The third-order valence-electron chi connectivity index (χ3n) is 2.89. The normalized spacial score (nSPS) is 19.3. The van der Waals surface area contributed by atoms with Gasteiger partial charge in [0.1, 0.15) is 0 Å². The molecule has 1 aromatic rings. The van der Waals surface area contributed by atoms with Crippen LogP contribution in [0.5, 0.6) is 0 Å². The van der Waals surface area contributed by atoms with Crippen LogP contribution in [0.3, 0.4) is 0 Å². The molecule has 0 aliphatic carbocycles. The lowest BCUT2D eigenvalue weighted by Crippen LogP contribution is -2.42. The molecule has 3 nitrogen and oxygen atoms in total. The van der Waals surface area contributed by atoms with Crippen LogP contribution in [0.4, 0.5) is 0 Å². The second-order valence-electron chi connectivity index (χ2n) is 4.46. The van der Waals surface area contributed by atoms with Crippen molar-refractivity contribution in [1.29, 1.82) is 0 Å². The largest absolute Gasteiger partial charge is 0.340 e. The van der Waals surface area contributed by atoms with Gasteiger partial charge in [-0.05, 0) is 12.5 Å². The highest BCUT2D eigenvalue weighted by Gasteiger charge is 2.25. The second kappa shape index (κ2) is 5.56. The van der Waals surface area contributed by atoms with E-state index in [1.165, 1.54) is 11.1 Å². The number of carbonyl (C=O) groups is 1. The van der Waals surface area contributed by atoms with Crippen molar-refractivity contribution in [3.05, 3.63) is 35.4 Å². The van der Waals surface area contributed by atoms with Gasteiger partial charge in [-0.25, -0.2) is 0 Å². The zero-order valence-electron chi connectivity index (χ0n) is 10.3. The highest BCUT2D eigenvalue weighted by atomic mass is 32.2. The van der Waals surface area contributed by atoms with Gasteiger partial charge in [-0.2, -0.15) is 0 Å². The summed E-state index contributed by atoms with van der Waals surface area (Å²) in [5.41, 5.74) is 2.42. The van der Waals surface area contributed by atoms with Gasteiger partial charge in [-0.3, -0.25) is 10.1 Å². The van der Waals surface area contributed by atoms with Crippen LogP contribution in [0.15, 0.2) is 24.3 Å². The fourth-order valence-corrected chi connectivity index (χ4v) is 2.92. The number of thioether (sulfide) groups is 1. The molecule has 17 heavy (non-hydrogen) atoms. The molecule has 0 radical (unpaired) electrons. The van der Waals surface area contributed by atoms with E-state index in [2.05, 4.69) is 30.4 Å². The highest BCUT2D eigenvalue weighted by Crippen LogP contribution is 2.13. The number of amides is 1. The maximum atomic E-state index is 12.1. The van der Waals surface area contributed by atoms with Gasteiger partial charge in [0.15, 0.2) is 0 Å². The lowest BCUT2D eigenvalue weighted by Gasteiger charge is -2.21. The third-order valence-corrected chi connectivity index (χ3v) is 3.83. The Bertz CT molecular complexity index is 402. The number of hydrogen-bond donors (Lipinski definition) is 1. The molecule has 1 aliphatic heterocycles. The summed E-state index contributed by atoms with van der Waals surface area (Å²) in [6, 6.07) is 8.29. The Balaban J connectivity index is 1.96. The Morgan fingerprint density at radius 1 is 1.59 bits per heavy atom. The van der Waals surface area contributed by atoms with Crippen LogP contribution in [0, 0.1) is 6.92 Å². The van der Waals surface area contributed by atoms with E-state index in [9.17, 15) is 4.79 Å². The zero-order valence-corrected chi connectivity index (χ0v) is 11.1. The first-order valence-electron chi connectivity index (χ1n) is 5.78. The molecule has 1 heterocycles. The Kier molecular flexibility index (Phi) is 4.07. The average Bonchev–Trinajstić information content (AvgIpc) is 2.81. The molecule has 1 atom stereocenters. The number of likely N-dealkylation sites (N-methyl/N-ethyl adjacent to an activating group) is 1. The number of nitrogens with zero attached hydrogens (tertiary/aromatic N) is 1. The van der Waals surface area contributed by atoms with Crippen molar-refractivity contribution in [2.75, 3.05) is 18.7 Å². The van der Waals surface area contributed by atoms with Crippen molar-refractivity contribution in [2.24, 2.45) is 0 Å². The predicted molar refractivity (Wildman–Crippen MR) is 71.9 cm³/mol. The average molecular weight is 250 g/mol. The van der Waals surface area contributed by atoms with E-state index in [0.717, 1.165) is 11.6 Å². The maximum Gasteiger partial charge on any atom is 0.240 e. The third kappa shape index (κ3) is 3.23. The molecule has 4 heteroatoms. The SMILES string of the molecule is Cc1cccc(CN(C)C(=O)C2CSCN2)c1. The fourth-order valence-electron chi connectivity index (χ4n) is 1.98. The van der Waals surface area contributed by atoms with E-state index in [-0.39, 0.29) is 11.9 Å². The molecule has 0 aromatic heterocycles. The van der Waals surface area contributed by atoms with Crippen LogP contribution < -0.4 is 5.32 Å². The Labute approximate surface area is 107 Å². The summed E-state index contributed by atoms with van der Waals surface area (Å²) >= 11 is 1.78. The van der Waals surface area contributed by atoms with Crippen molar-refractivity contribution in [1.82, 2.24) is 10.2 Å². The first-order valence-corrected chi connectivity index (χ1v) is 6.94. The number of aryl methyl sites for hydroxylation is 1. The molecule has 2 rings (SSSR count). The monoisotopic (exact) mass is 250 g/mol. The van der Waals surface area contributed by atoms with Crippen LogP contribution in [-0.4, -0.2) is 35.5 Å². The van der Waals surface area contributed by atoms with Gasteiger partial charge < -0.3 is 4.90 Å². The van der Waals surface area contributed by atoms with Crippen LogP contribution in [0.25, 0.3) is 0 Å². The van der Waals surface area contributed by atoms with E-state index in [4.69, 9.17) is 0 Å². The Morgan fingerprint density at radius 3 is 3.06 bits per heavy atom. The molecule has 1 aliphatic rings. The topological polar surface area (TPSA) is 32.3 Å². The Morgan fingerprint density at radius 2 is 2.41 bits per heavy atom. The van der Waals surface area contributed by atoms with Crippen molar-refractivity contribution in [3.63, 3.8) is 0 Å². The van der Waals surface area contributed by atoms with E-state index >= 15 is 0 Å². The van der Waals surface area contributed by atoms with E-state index < -0.39 is 0 Å². The summed E-state index contributed by atoms with van der Waals surface area (Å²) in [6.07, 6.45) is 0. The zero-order chi connectivity index (χ0) is 12.3. The molecular weight excluding hydrogens is 232 g/mol. The smallest absolute Gasteiger partial charge is 0.240 e. The fraction of sp³-hybridized carbons (Fsp3) is 0.462. The number of hydrogen-bond acceptors (Lipinski definition) is 3. The first-order chi connectivity index (χ1) is 8.16. The van der Waals surface area contributed by atoms with Gasteiger partial charge in [0, 0.05) is 25.2 Å². The number of rotatable bonds is 3. The van der Waals surface area contributed by atoms with Crippen molar-refractivity contribution in [2.45, 2.75) is 19.5 Å². The molecule has 1 saturated heterocycles. The number of nitrogens with one attached hydrogen (secondary N) is 1. The number of carbonyl (C=O) groups excluding carboxylic acids is 1. The summed E-state index contributed by atoms with van der Waals surface area (Å²) < 4.78 is 0. The minimum atomic E-state index is -0.00481. The quantitative estimate of drug-likeness (QED) is 0.884. The standard InChI is InChI=1S/C13H18N2OS/c1-10-4-3-5-11(6-10)7-15(2)13(16)12-8-17-9-14-12/h3-6,12,14H,7-9H2,1-2H3.